The molecular weight excluding hydrogens is 386 g/mol. The van der Waals surface area contributed by atoms with Crippen LogP contribution in [0.1, 0.15) is 28.8 Å². The van der Waals surface area contributed by atoms with Gasteiger partial charge in [0.15, 0.2) is 5.96 Å². The highest BCUT2D eigenvalue weighted by atomic mass is 16.5. The summed E-state index contributed by atoms with van der Waals surface area (Å²) in [5.41, 5.74) is 6.12. The van der Waals surface area contributed by atoms with Gasteiger partial charge in [-0.15, -0.1) is 0 Å². The van der Waals surface area contributed by atoms with Gasteiger partial charge in [-0.05, 0) is 61.1 Å². The summed E-state index contributed by atoms with van der Waals surface area (Å²) < 4.78 is 7.54. The fraction of sp³-hybridized carbons (Fsp3) is 0.360. The first-order valence-corrected chi connectivity index (χ1v) is 11.0. The van der Waals surface area contributed by atoms with Crippen molar-refractivity contribution in [3.05, 3.63) is 77.1 Å². The van der Waals surface area contributed by atoms with Crippen molar-refractivity contribution >= 4 is 5.96 Å². The van der Waals surface area contributed by atoms with Gasteiger partial charge in [-0.1, -0.05) is 30.3 Å². The van der Waals surface area contributed by atoms with E-state index in [-0.39, 0.29) is 0 Å². The van der Waals surface area contributed by atoms with Gasteiger partial charge in [0.2, 0.25) is 0 Å². The van der Waals surface area contributed by atoms with Crippen LogP contribution in [0.25, 0.3) is 5.69 Å². The second-order valence-electron chi connectivity index (χ2n) is 7.84. The van der Waals surface area contributed by atoms with Crippen LogP contribution in [0, 0.1) is 6.92 Å². The number of fused-ring (bicyclic) bond motifs is 1. The van der Waals surface area contributed by atoms with E-state index in [0.717, 1.165) is 68.5 Å². The normalized spacial score (nSPS) is 13.0. The molecule has 0 spiro atoms. The van der Waals surface area contributed by atoms with Gasteiger partial charge in [0, 0.05) is 32.8 Å². The van der Waals surface area contributed by atoms with E-state index in [4.69, 9.17) is 4.74 Å². The van der Waals surface area contributed by atoms with E-state index in [1.165, 1.54) is 16.7 Å². The highest BCUT2D eigenvalue weighted by Gasteiger charge is 2.12. The molecule has 0 unspecified atom stereocenters. The van der Waals surface area contributed by atoms with Crippen LogP contribution in [0.15, 0.2) is 59.7 Å². The Balaban J connectivity index is 1.19. The number of benzene rings is 2. The van der Waals surface area contributed by atoms with Gasteiger partial charge in [-0.25, -0.2) is 4.68 Å². The third-order valence-corrected chi connectivity index (χ3v) is 5.62. The van der Waals surface area contributed by atoms with Gasteiger partial charge in [-0.2, -0.15) is 5.10 Å². The standard InChI is InChI=1S/C25H31N5O/c1-19-22(18-30(29-19)23-8-4-3-5-9-23)7-6-14-27-25(26-2)28-15-12-20-10-11-24-21(17-20)13-16-31-24/h3-5,8-11,17-18H,6-7,12-16H2,1-2H3,(H2,26,27,28). The summed E-state index contributed by atoms with van der Waals surface area (Å²) in [6.45, 7) is 4.60. The number of aryl methyl sites for hydroxylation is 2. The number of nitrogens with zero attached hydrogens (tertiary/aromatic N) is 3. The maximum atomic E-state index is 5.58. The molecule has 1 aliphatic rings. The Morgan fingerprint density at radius 1 is 1.10 bits per heavy atom. The lowest BCUT2D eigenvalue weighted by molar-refractivity contribution is 0.357. The molecule has 2 heterocycles. The number of hydrogen-bond donors (Lipinski definition) is 2. The number of aliphatic imine (C=N–C) groups is 1. The van der Waals surface area contributed by atoms with Crippen LogP contribution in [0.3, 0.4) is 0 Å². The van der Waals surface area contributed by atoms with Gasteiger partial charge < -0.3 is 15.4 Å². The van der Waals surface area contributed by atoms with Gasteiger partial charge in [0.1, 0.15) is 5.75 Å². The van der Waals surface area contributed by atoms with Crippen molar-refractivity contribution in [3.8, 4) is 11.4 Å². The number of guanidine groups is 1. The first-order valence-electron chi connectivity index (χ1n) is 11.0. The van der Waals surface area contributed by atoms with Crippen LogP contribution < -0.4 is 15.4 Å². The number of ether oxygens (including phenoxy) is 1. The van der Waals surface area contributed by atoms with E-state index in [1.807, 2.05) is 29.9 Å². The van der Waals surface area contributed by atoms with Crippen molar-refractivity contribution in [1.82, 2.24) is 20.4 Å². The largest absolute Gasteiger partial charge is 0.493 e. The zero-order valence-corrected chi connectivity index (χ0v) is 18.4. The topological polar surface area (TPSA) is 63.5 Å². The lowest BCUT2D eigenvalue weighted by atomic mass is 10.1. The first-order chi connectivity index (χ1) is 15.2. The second-order valence-corrected chi connectivity index (χ2v) is 7.84. The van der Waals surface area contributed by atoms with Crippen LogP contribution in [-0.4, -0.2) is 42.5 Å². The summed E-state index contributed by atoms with van der Waals surface area (Å²) in [6.07, 6.45) is 6.13. The van der Waals surface area contributed by atoms with E-state index in [0.29, 0.717) is 0 Å². The van der Waals surface area contributed by atoms with Gasteiger partial charge in [0.05, 0.1) is 18.0 Å². The number of hydrogen-bond acceptors (Lipinski definition) is 3. The van der Waals surface area contributed by atoms with Crippen molar-refractivity contribution < 1.29 is 4.74 Å². The Bertz CT molecular complexity index is 1030. The second kappa shape index (κ2) is 10.2. The zero-order chi connectivity index (χ0) is 21.5. The molecule has 1 aliphatic heterocycles. The molecule has 2 aromatic carbocycles. The highest BCUT2D eigenvalue weighted by Crippen LogP contribution is 2.25. The Hall–Kier alpha value is -3.28. The smallest absolute Gasteiger partial charge is 0.190 e. The fourth-order valence-electron chi connectivity index (χ4n) is 3.88. The van der Waals surface area contributed by atoms with Crippen LogP contribution in [-0.2, 0) is 19.3 Å². The van der Waals surface area contributed by atoms with E-state index in [2.05, 4.69) is 64.2 Å². The third-order valence-electron chi connectivity index (χ3n) is 5.62. The summed E-state index contributed by atoms with van der Waals surface area (Å²) in [5, 5.41) is 11.5. The number of para-hydroxylation sites is 1. The molecule has 0 fully saturated rings. The van der Waals surface area contributed by atoms with Crippen LogP contribution >= 0.6 is 0 Å². The minimum Gasteiger partial charge on any atom is -0.493 e. The molecule has 0 saturated heterocycles. The van der Waals surface area contributed by atoms with Crippen molar-refractivity contribution in [2.24, 2.45) is 4.99 Å². The average Bonchev–Trinajstić information content (AvgIpc) is 3.42. The van der Waals surface area contributed by atoms with Gasteiger partial charge in [0.25, 0.3) is 0 Å². The minimum absolute atomic E-state index is 0.806. The van der Waals surface area contributed by atoms with E-state index in [9.17, 15) is 0 Å². The van der Waals surface area contributed by atoms with E-state index >= 15 is 0 Å². The molecule has 0 amide bonds. The number of rotatable bonds is 8. The predicted molar refractivity (Wildman–Crippen MR) is 125 cm³/mol. The molecule has 6 heteroatoms. The Labute approximate surface area is 184 Å². The lowest BCUT2D eigenvalue weighted by Gasteiger charge is -2.12. The van der Waals surface area contributed by atoms with Crippen molar-refractivity contribution in [1.29, 1.82) is 0 Å². The molecule has 0 atom stereocenters. The molecule has 0 bridgehead atoms. The molecule has 0 radical (unpaired) electrons. The SMILES string of the molecule is CN=C(NCCCc1cn(-c2ccccc2)nc1C)NCCc1ccc2c(c1)CCO2. The van der Waals surface area contributed by atoms with E-state index < -0.39 is 0 Å². The summed E-state index contributed by atoms with van der Waals surface area (Å²) in [4.78, 5) is 4.34. The molecule has 0 aliphatic carbocycles. The number of aromatic nitrogens is 2. The molecule has 6 nitrogen and oxygen atoms in total. The van der Waals surface area contributed by atoms with Crippen LogP contribution in [0.5, 0.6) is 5.75 Å². The maximum Gasteiger partial charge on any atom is 0.190 e. The number of nitrogens with one attached hydrogen (secondary N) is 2. The molecule has 3 aromatic rings. The monoisotopic (exact) mass is 417 g/mol. The Morgan fingerprint density at radius 2 is 1.94 bits per heavy atom. The van der Waals surface area contributed by atoms with Crippen molar-refractivity contribution in [2.45, 2.75) is 32.6 Å². The summed E-state index contributed by atoms with van der Waals surface area (Å²) in [6, 6.07) is 16.7. The quantitative estimate of drug-likeness (QED) is 0.335. The van der Waals surface area contributed by atoms with Crippen molar-refractivity contribution in [3.63, 3.8) is 0 Å². The lowest BCUT2D eigenvalue weighted by Crippen LogP contribution is -2.38. The summed E-state index contributed by atoms with van der Waals surface area (Å²) >= 11 is 0. The predicted octanol–water partition coefficient (Wildman–Crippen LogP) is 3.46. The maximum absolute atomic E-state index is 5.58. The molecule has 31 heavy (non-hydrogen) atoms. The highest BCUT2D eigenvalue weighted by molar-refractivity contribution is 5.79. The van der Waals surface area contributed by atoms with E-state index in [1.54, 1.807) is 0 Å². The molecule has 4 rings (SSSR count). The Morgan fingerprint density at radius 3 is 2.77 bits per heavy atom. The van der Waals surface area contributed by atoms with Crippen LogP contribution in [0.2, 0.25) is 0 Å². The average molecular weight is 418 g/mol. The summed E-state index contributed by atoms with van der Waals surface area (Å²) in [5.74, 6) is 1.89. The first kappa shape index (κ1) is 21.0. The fourth-order valence-corrected chi connectivity index (χ4v) is 3.88. The Kier molecular flexibility index (Phi) is 6.87. The molecule has 1 aromatic heterocycles. The molecule has 2 N–H and O–H groups in total. The molecule has 162 valence electrons. The minimum atomic E-state index is 0.806. The molecule has 0 saturated carbocycles. The zero-order valence-electron chi connectivity index (χ0n) is 18.4. The molecular formula is C25H31N5O. The van der Waals surface area contributed by atoms with Crippen LogP contribution in [0.4, 0.5) is 0 Å². The third kappa shape index (κ3) is 5.45. The van der Waals surface area contributed by atoms with Crippen molar-refractivity contribution in [2.75, 3.05) is 26.7 Å². The summed E-state index contributed by atoms with van der Waals surface area (Å²) in [7, 11) is 1.82. The van der Waals surface area contributed by atoms with Gasteiger partial charge >= 0.3 is 0 Å². The van der Waals surface area contributed by atoms with Gasteiger partial charge in [-0.3, -0.25) is 4.99 Å².